The minimum absolute atomic E-state index is 0.148. The standard InChI is InChI=1S/C12H31NO2Si2/c1-9-10-17(8,14-5)15-11(13)16(6,7)12(2,3)4/h11H,9-10,13H2,1-8H3. The highest BCUT2D eigenvalue weighted by atomic mass is 28.4. The molecule has 0 aromatic carbocycles. The topological polar surface area (TPSA) is 44.5 Å². The molecule has 0 aliphatic heterocycles. The highest BCUT2D eigenvalue weighted by Crippen LogP contribution is 2.38. The van der Waals surface area contributed by atoms with Crippen LogP contribution in [0.2, 0.25) is 30.7 Å². The van der Waals surface area contributed by atoms with E-state index in [1.54, 1.807) is 7.11 Å². The average Bonchev–Trinajstić information content (AvgIpc) is 2.16. The molecule has 0 amide bonds. The van der Waals surface area contributed by atoms with Gasteiger partial charge in [-0.25, -0.2) is 0 Å². The molecule has 17 heavy (non-hydrogen) atoms. The molecule has 0 fully saturated rings. The van der Waals surface area contributed by atoms with Gasteiger partial charge in [-0.2, -0.15) is 0 Å². The summed E-state index contributed by atoms with van der Waals surface area (Å²) in [7, 11) is -1.97. The van der Waals surface area contributed by atoms with E-state index in [-0.39, 0.29) is 10.9 Å². The van der Waals surface area contributed by atoms with E-state index < -0.39 is 16.6 Å². The van der Waals surface area contributed by atoms with E-state index in [2.05, 4.69) is 47.3 Å². The second-order valence-corrected chi connectivity index (χ2v) is 15.5. The lowest BCUT2D eigenvalue weighted by Gasteiger charge is -2.43. The van der Waals surface area contributed by atoms with Crippen molar-refractivity contribution in [1.82, 2.24) is 0 Å². The molecule has 2 atom stereocenters. The van der Waals surface area contributed by atoms with Gasteiger partial charge in [0, 0.05) is 7.11 Å². The summed E-state index contributed by atoms with van der Waals surface area (Å²) in [5.74, 6) is -0.148. The van der Waals surface area contributed by atoms with Gasteiger partial charge in [-0.3, -0.25) is 0 Å². The van der Waals surface area contributed by atoms with E-state index in [0.717, 1.165) is 12.5 Å². The Kier molecular flexibility index (Phi) is 6.08. The van der Waals surface area contributed by atoms with E-state index in [9.17, 15) is 0 Å². The zero-order chi connectivity index (χ0) is 13.9. The van der Waals surface area contributed by atoms with Crippen molar-refractivity contribution < 1.29 is 8.85 Å². The van der Waals surface area contributed by atoms with Gasteiger partial charge in [-0.15, -0.1) is 0 Å². The lowest BCUT2D eigenvalue weighted by atomic mass is 10.2. The summed E-state index contributed by atoms with van der Waals surface area (Å²) in [6.07, 6.45) is 1.08. The normalized spacial score (nSPS) is 18.9. The maximum Gasteiger partial charge on any atom is 0.335 e. The molecule has 0 bridgehead atoms. The summed E-state index contributed by atoms with van der Waals surface area (Å²) in [5.41, 5.74) is 6.32. The molecule has 5 heteroatoms. The van der Waals surface area contributed by atoms with Crippen LogP contribution in [0.3, 0.4) is 0 Å². The van der Waals surface area contributed by atoms with Gasteiger partial charge < -0.3 is 14.6 Å². The molecule has 0 heterocycles. The molecule has 0 aromatic rings. The van der Waals surface area contributed by atoms with Gasteiger partial charge in [0.1, 0.15) is 8.07 Å². The van der Waals surface area contributed by atoms with Gasteiger partial charge in [0.2, 0.25) is 0 Å². The van der Waals surface area contributed by atoms with Crippen molar-refractivity contribution in [2.75, 3.05) is 7.11 Å². The predicted molar refractivity (Wildman–Crippen MR) is 80.0 cm³/mol. The van der Waals surface area contributed by atoms with Crippen molar-refractivity contribution in [2.45, 2.75) is 70.7 Å². The van der Waals surface area contributed by atoms with E-state index >= 15 is 0 Å². The molecule has 104 valence electrons. The molecule has 0 aromatic heterocycles. The molecule has 0 radical (unpaired) electrons. The first-order valence-electron chi connectivity index (χ1n) is 6.48. The van der Waals surface area contributed by atoms with Gasteiger partial charge in [0.05, 0.1) is 5.85 Å². The van der Waals surface area contributed by atoms with Crippen molar-refractivity contribution in [3.8, 4) is 0 Å². The van der Waals surface area contributed by atoms with Gasteiger partial charge in [0.25, 0.3) is 0 Å². The van der Waals surface area contributed by atoms with Gasteiger partial charge in [0.15, 0.2) is 0 Å². The SMILES string of the molecule is CCC[Si](C)(OC)OC(N)[Si](C)(C)C(C)(C)C. The van der Waals surface area contributed by atoms with Crippen LogP contribution in [0.15, 0.2) is 0 Å². The first-order chi connectivity index (χ1) is 7.50. The zero-order valence-corrected chi connectivity index (χ0v) is 14.9. The summed E-state index contributed by atoms with van der Waals surface area (Å²) >= 11 is 0. The monoisotopic (exact) mass is 277 g/mol. The van der Waals surface area contributed by atoms with E-state index in [0.29, 0.717) is 0 Å². The lowest BCUT2D eigenvalue weighted by molar-refractivity contribution is 0.176. The minimum atomic E-state index is -2.07. The molecular weight excluding hydrogens is 246 g/mol. The fraction of sp³-hybridized carbons (Fsp3) is 1.00. The number of nitrogens with two attached hydrogens (primary N) is 1. The smallest absolute Gasteiger partial charge is 0.335 e. The number of hydrogen-bond acceptors (Lipinski definition) is 3. The Morgan fingerprint density at radius 2 is 1.65 bits per heavy atom. The van der Waals surface area contributed by atoms with Crippen LogP contribution in [0.4, 0.5) is 0 Å². The van der Waals surface area contributed by atoms with Crippen LogP contribution in [0.1, 0.15) is 34.1 Å². The third kappa shape index (κ3) is 4.48. The third-order valence-electron chi connectivity index (χ3n) is 4.16. The minimum Gasteiger partial charge on any atom is -0.398 e. The highest BCUT2D eigenvalue weighted by Gasteiger charge is 2.45. The summed E-state index contributed by atoms with van der Waals surface area (Å²) in [4.78, 5) is 0. The van der Waals surface area contributed by atoms with Crippen molar-refractivity contribution in [3.05, 3.63) is 0 Å². The average molecular weight is 278 g/mol. The van der Waals surface area contributed by atoms with Crippen LogP contribution in [0.25, 0.3) is 0 Å². The van der Waals surface area contributed by atoms with E-state index in [4.69, 9.17) is 14.6 Å². The molecular formula is C12H31NO2Si2. The maximum atomic E-state index is 6.32. The molecule has 0 saturated heterocycles. The van der Waals surface area contributed by atoms with E-state index in [1.807, 2.05) is 0 Å². The molecule has 0 saturated carbocycles. The molecule has 2 N–H and O–H groups in total. The molecule has 0 aliphatic carbocycles. The highest BCUT2D eigenvalue weighted by molar-refractivity contribution is 6.82. The van der Waals surface area contributed by atoms with Crippen LogP contribution in [-0.2, 0) is 8.85 Å². The Morgan fingerprint density at radius 1 is 1.18 bits per heavy atom. The first-order valence-corrected chi connectivity index (χ1v) is 12.1. The fourth-order valence-electron chi connectivity index (χ4n) is 1.51. The number of hydrogen-bond donors (Lipinski definition) is 1. The molecule has 0 aliphatic rings. The zero-order valence-electron chi connectivity index (χ0n) is 12.9. The summed E-state index contributed by atoms with van der Waals surface area (Å²) in [6, 6.07) is 1.01. The lowest BCUT2D eigenvalue weighted by Crippen LogP contribution is -2.59. The van der Waals surface area contributed by atoms with Gasteiger partial charge >= 0.3 is 8.56 Å². The Morgan fingerprint density at radius 3 is 1.94 bits per heavy atom. The maximum absolute atomic E-state index is 6.32. The van der Waals surface area contributed by atoms with Crippen molar-refractivity contribution in [3.63, 3.8) is 0 Å². The first kappa shape index (κ1) is 17.3. The predicted octanol–water partition coefficient (Wildman–Crippen LogP) is 3.46. The number of rotatable bonds is 6. The Labute approximate surface area is 109 Å². The van der Waals surface area contributed by atoms with Crippen molar-refractivity contribution in [1.29, 1.82) is 0 Å². The van der Waals surface area contributed by atoms with Crippen LogP contribution in [0, 0.1) is 0 Å². The Hall–Kier alpha value is 0.314. The van der Waals surface area contributed by atoms with Gasteiger partial charge in [-0.05, 0) is 17.6 Å². The van der Waals surface area contributed by atoms with Crippen molar-refractivity contribution in [2.24, 2.45) is 5.73 Å². The molecule has 0 rings (SSSR count). The molecule has 3 nitrogen and oxygen atoms in total. The summed E-state index contributed by atoms with van der Waals surface area (Å²) < 4.78 is 11.8. The van der Waals surface area contributed by atoms with Crippen LogP contribution in [-0.4, -0.2) is 29.6 Å². The largest absolute Gasteiger partial charge is 0.398 e. The second-order valence-electron chi connectivity index (χ2n) is 6.60. The van der Waals surface area contributed by atoms with Gasteiger partial charge in [-0.1, -0.05) is 47.2 Å². The van der Waals surface area contributed by atoms with Crippen LogP contribution < -0.4 is 5.73 Å². The second kappa shape index (κ2) is 5.97. The molecule has 0 spiro atoms. The van der Waals surface area contributed by atoms with Crippen LogP contribution >= 0.6 is 0 Å². The third-order valence-corrected chi connectivity index (χ3v) is 12.8. The molecule has 2 unspecified atom stereocenters. The van der Waals surface area contributed by atoms with Crippen molar-refractivity contribution >= 4 is 16.6 Å². The Bertz CT molecular complexity index is 241. The Balaban J connectivity index is 4.78. The van der Waals surface area contributed by atoms with Crippen LogP contribution in [0.5, 0.6) is 0 Å². The summed E-state index contributed by atoms with van der Waals surface area (Å²) in [6.45, 7) is 15.6. The summed E-state index contributed by atoms with van der Waals surface area (Å²) in [5, 5.41) is 0.238. The fourth-order valence-corrected chi connectivity index (χ4v) is 6.15. The van der Waals surface area contributed by atoms with E-state index in [1.165, 1.54) is 0 Å². The quantitative estimate of drug-likeness (QED) is 0.597.